The van der Waals surface area contributed by atoms with Gasteiger partial charge in [0, 0.05) is 10.7 Å². The molecule has 0 unspecified atom stereocenters. The first kappa shape index (κ1) is 13.1. The van der Waals surface area contributed by atoms with Crippen molar-refractivity contribution in [1.82, 2.24) is 20.6 Å². The Kier molecular flexibility index (Phi) is 3.82. The lowest BCUT2D eigenvalue weighted by molar-refractivity contribution is 0.589. The molecule has 1 aromatic heterocycles. The van der Waals surface area contributed by atoms with Crippen LogP contribution in [-0.4, -0.2) is 20.6 Å². The first-order chi connectivity index (χ1) is 9.11. The van der Waals surface area contributed by atoms with Crippen molar-refractivity contribution in [2.45, 2.75) is 0 Å². The lowest BCUT2D eigenvalue weighted by Crippen LogP contribution is -1.98. The second-order valence-electron chi connectivity index (χ2n) is 3.29. The highest BCUT2D eigenvalue weighted by Gasteiger charge is 2.11. The van der Waals surface area contributed by atoms with Crippen molar-refractivity contribution in [1.29, 1.82) is 5.26 Å². The molecule has 0 bridgehead atoms. The highest BCUT2D eigenvalue weighted by Crippen LogP contribution is 2.24. The lowest BCUT2D eigenvalue weighted by Gasteiger charge is -2.05. The highest BCUT2D eigenvalue weighted by molar-refractivity contribution is 9.10. The zero-order valence-electron chi connectivity index (χ0n) is 9.15. The summed E-state index contributed by atoms with van der Waals surface area (Å²) in [5, 5.41) is 23.9. The van der Waals surface area contributed by atoms with Gasteiger partial charge in [0.25, 0.3) is 0 Å². The molecule has 0 atom stereocenters. The molecule has 0 saturated heterocycles. The molecule has 0 aliphatic carbocycles. The van der Waals surface area contributed by atoms with Gasteiger partial charge < -0.3 is 5.32 Å². The summed E-state index contributed by atoms with van der Waals surface area (Å²) >= 11 is 2.96. The summed E-state index contributed by atoms with van der Waals surface area (Å²) in [6, 6.07) is 3.98. The van der Waals surface area contributed by atoms with Crippen LogP contribution in [0.2, 0.25) is 0 Å². The number of aromatic nitrogens is 4. The standard InChI is InChI=1S/C10H5BrF2N6/c11-6-1-7(12)9(8(13)2-6)15-4-5(3-14)10-16-18-19-17-10/h1-2,4,15H,(H,16,17,18,19). The van der Waals surface area contributed by atoms with Gasteiger partial charge >= 0.3 is 0 Å². The molecule has 0 spiro atoms. The van der Waals surface area contributed by atoms with Crippen LogP contribution in [0.25, 0.3) is 5.57 Å². The van der Waals surface area contributed by atoms with Gasteiger partial charge in [-0.05, 0) is 17.3 Å². The predicted octanol–water partition coefficient (Wildman–Crippen LogP) is 2.22. The van der Waals surface area contributed by atoms with E-state index in [1.165, 1.54) is 0 Å². The first-order valence-corrected chi connectivity index (χ1v) is 5.66. The van der Waals surface area contributed by atoms with Crippen LogP contribution in [0.15, 0.2) is 22.8 Å². The van der Waals surface area contributed by atoms with Crippen molar-refractivity contribution in [3.63, 3.8) is 0 Å². The van der Waals surface area contributed by atoms with E-state index in [0.29, 0.717) is 0 Å². The van der Waals surface area contributed by atoms with E-state index in [2.05, 4.69) is 41.9 Å². The van der Waals surface area contributed by atoms with Gasteiger partial charge in [-0.25, -0.2) is 8.78 Å². The van der Waals surface area contributed by atoms with E-state index in [1.807, 2.05) is 0 Å². The SMILES string of the molecule is N#CC(=CNc1c(F)cc(Br)cc1F)c1nn[nH]n1. The molecule has 0 aliphatic heterocycles. The van der Waals surface area contributed by atoms with E-state index in [1.54, 1.807) is 6.07 Å². The van der Waals surface area contributed by atoms with Crippen molar-refractivity contribution in [2.24, 2.45) is 0 Å². The number of allylic oxidation sites excluding steroid dienone is 1. The van der Waals surface area contributed by atoms with Gasteiger partial charge in [-0.2, -0.15) is 10.5 Å². The number of hydrogen-bond donors (Lipinski definition) is 2. The molecular weight excluding hydrogens is 322 g/mol. The van der Waals surface area contributed by atoms with Gasteiger partial charge in [-0.3, -0.25) is 0 Å². The number of aromatic amines is 1. The van der Waals surface area contributed by atoms with Gasteiger partial charge in [0.2, 0.25) is 5.82 Å². The summed E-state index contributed by atoms with van der Waals surface area (Å²) in [7, 11) is 0. The third-order valence-corrected chi connectivity index (χ3v) is 2.53. The summed E-state index contributed by atoms with van der Waals surface area (Å²) in [5.74, 6) is -1.57. The fraction of sp³-hybridized carbons (Fsp3) is 0. The highest BCUT2D eigenvalue weighted by atomic mass is 79.9. The van der Waals surface area contributed by atoms with Crippen molar-refractivity contribution in [3.05, 3.63) is 40.3 Å². The fourth-order valence-corrected chi connectivity index (χ4v) is 1.65. The Morgan fingerprint density at radius 2 is 2.11 bits per heavy atom. The Bertz CT molecular complexity index is 638. The van der Waals surface area contributed by atoms with Crippen LogP contribution < -0.4 is 5.32 Å². The third-order valence-electron chi connectivity index (χ3n) is 2.07. The molecule has 19 heavy (non-hydrogen) atoms. The molecule has 0 amide bonds. The quantitative estimate of drug-likeness (QED) is 0.844. The Labute approximate surface area is 114 Å². The Morgan fingerprint density at radius 1 is 1.42 bits per heavy atom. The average Bonchev–Trinajstić information content (AvgIpc) is 2.86. The summed E-state index contributed by atoms with van der Waals surface area (Å²) in [5.41, 5.74) is -0.394. The van der Waals surface area contributed by atoms with E-state index in [4.69, 9.17) is 5.26 Å². The Hall–Kier alpha value is -2.34. The Balaban J connectivity index is 2.30. The summed E-state index contributed by atoms with van der Waals surface area (Å²) in [6.45, 7) is 0. The van der Waals surface area contributed by atoms with Crippen LogP contribution in [-0.2, 0) is 0 Å². The molecule has 0 fully saturated rings. The third kappa shape index (κ3) is 2.92. The van der Waals surface area contributed by atoms with Crippen LogP contribution in [0.1, 0.15) is 5.82 Å². The molecule has 2 N–H and O–H groups in total. The molecule has 1 heterocycles. The van der Waals surface area contributed by atoms with Crippen molar-refractivity contribution < 1.29 is 8.78 Å². The monoisotopic (exact) mass is 326 g/mol. The zero-order valence-corrected chi connectivity index (χ0v) is 10.7. The van der Waals surface area contributed by atoms with Gasteiger partial charge in [0.05, 0.1) is 0 Å². The van der Waals surface area contributed by atoms with E-state index < -0.39 is 11.6 Å². The summed E-state index contributed by atoms with van der Waals surface area (Å²) in [6.07, 6.45) is 1.10. The van der Waals surface area contributed by atoms with Gasteiger partial charge in [-0.15, -0.1) is 10.2 Å². The molecule has 2 rings (SSSR count). The van der Waals surface area contributed by atoms with E-state index >= 15 is 0 Å². The van der Waals surface area contributed by atoms with Crippen LogP contribution in [0.3, 0.4) is 0 Å². The zero-order chi connectivity index (χ0) is 13.8. The van der Waals surface area contributed by atoms with Crippen LogP contribution in [0.5, 0.6) is 0 Å². The summed E-state index contributed by atoms with van der Waals surface area (Å²) < 4.78 is 27.3. The molecule has 9 heteroatoms. The molecule has 2 aromatic rings. The fourth-order valence-electron chi connectivity index (χ4n) is 1.25. The first-order valence-electron chi connectivity index (χ1n) is 4.87. The van der Waals surface area contributed by atoms with E-state index in [0.717, 1.165) is 18.3 Å². The smallest absolute Gasteiger partial charge is 0.216 e. The number of halogens is 3. The van der Waals surface area contributed by atoms with Crippen LogP contribution in [0, 0.1) is 23.0 Å². The number of nitrogens with zero attached hydrogens (tertiary/aromatic N) is 4. The second kappa shape index (κ2) is 5.53. The van der Waals surface area contributed by atoms with Crippen molar-refractivity contribution >= 4 is 27.2 Å². The average molecular weight is 327 g/mol. The van der Waals surface area contributed by atoms with E-state index in [9.17, 15) is 8.78 Å². The molecule has 96 valence electrons. The van der Waals surface area contributed by atoms with Gasteiger partial charge in [0.1, 0.15) is 17.3 Å². The molecule has 1 aromatic carbocycles. The maximum atomic E-state index is 13.5. The minimum absolute atomic E-state index is 0.0181. The number of anilines is 1. The number of benzene rings is 1. The van der Waals surface area contributed by atoms with Crippen LogP contribution >= 0.6 is 15.9 Å². The number of H-pyrrole nitrogens is 1. The second-order valence-corrected chi connectivity index (χ2v) is 4.21. The largest absolute Gasteiger partial charge is 0.356 e. The summed E-state index contributed by atoms with van der Waals surface area (Å²) in [4.78, 5) is 0. The number of rotatable bonds is 3. The normalized spacial score (nSPS) is 11.2. The van der Waals surface area contributed by atoms with E-state index in [-0.39, 0.29) is 21.6 Å². The minimum atomic E-state index is -0.798. The van der Waals surface area contributed by atoms with Crippen LogP contribution in [0.4, 0.5) is 14.5 Å². The molecular formula is C10H5BrF2N6. The van der Waals surface area contributed by atoms with Crippen molar-refractivity contribution in [2.75, 3.05) is 5.32 Å². The maximum absolute atomic E-state index is 13.5. The predicted molar refractivity (Wildman–Crippen MR) is 65.4 cm³/mol. The minimum Gasteiger partial charge on any atom is -0.356 e. The number of tetrazole rings is 1. The molecule has 0 aliphatic rings. The van der Waals surface area contributed by atoms with Crippen molar-refractivity contribution in [3.8, 4) is 6.07 Å². The number of nitrogens with one attached hydrogen (secondary N) is 2. The molecule has 0 radical (unpaired) electrons. The molecule has 6 nitrogen and oxygen atoms in total. The Morgan fingerprint density at radius 3 is 2.63 bits per heavy atom. The van der Waals surface area contributed by atoms with Gasteiger partial charge in [-0.1, -0.05) is 15.9 Å². The topological polar surface area (TPSA) is 90.3 Å². The maximum Gasteiger partial charge on any atom is 0.216 e. The number of nitriles is 1. The molecule has 0 saturated carbocycles. The lowest BCUT2D eigenvalue weighted by atomic mass is 10.2. The van der Waals surface area contributed by atoms with Gasteiger partial charge in [0.15, 0.2) is 11.6 Å². The number of hydrogen-bond acceptors (Lipinski definition) is 5.